The van der Waals surface area contributed by atoms with Crippen molar-refractivity contribution < 1.29 is 17.9 Å². The SMILES string of the molecule is CC(C)NS(=O)(=O)c1ccc(NC(=O)[C@H](C)N2C[C@H](C)O[C@@H](C)C2)cc1. The zero-order valence-corrected chi connectivity index (χ0v) is 16.8. The number of hydrogen-bond acceptors (Lipinski definition) is 5. The van der Waals surface area contributed by atoms with Crippen LogP contribution in [0.25, 0.3) is 0 Å². The van der Waals surface area contributed by atoms with Crippen molar-refractivity contribution in [3.8, 4) is 0 Å². The van der Waals surface area contributed by atoms with Crippen LogP contribution in [0.4, 0.5) is 5.69 Å². The van der Waals surface area contributed by atoms with Gasteiger partial charge in [0.15, 0.2) is 0 Å². The van der Waals surface area contributed by atoms with Crippen molar-refractivity contribution in [3.63, 3.8) is 0 Å². The van der Waals surface area contributed by atoms with E-state index in [2.05, 4.69) is 14.9 Å². The predicted octanol–water partition coefficient (Wildman–Crippen LogP) is 1.81. The van der Waals surface area contributed by atoms with E-state index in [1.807, 2.05) is 20.8 Å². The van der Waals surface area contributed by atoms with Crippen molar-refractivity contribution in [2.24, 2.45) is 0 Å². The number of rotatable bonds is 6. The average molecular weight is 384 g/mol. The lowest BCUT2D eigenvalue weighted by Crippen LogP contribution is -2.52. The molecule has 1 amide bonds. The first-order valence-electron chi connectivity index (χ1n) is 8.91. The molecule has 1 aromatic rings. The lowest BCUT2D eigenvalue weighted by molar-refractivity contribution is -0.126. The molecule has 2 rings (SSSR count). The van der Waals surface area contributed by atoms with E-state index >= 15 is 0 Å². The molecule has 0 bridgehead atoms. The molecule has 3 atom stereocenters. The summed E-state index contributed by atoms with van der Waals surface area (Å²) in [5.41, 5.74) is 0.569. The summed E-state index contributed by atoms with van der Waals surface area (Å²) in [5.74, 6) is -0.123. The third-order valence-electron chi connectivity index (χ3n) is 4.20. The lowest BCUT2D eigenvalue weighted by atomic mass is 10.1. The van der Waals surface area contributed by atoms with E-state index in [1.165, 1.54) is 12.1 Å². The van der Waals surface area contributed by atoms with E-state index in [0.717, 1.165) is 0 Å². The third kappa shape index (κ3) is 5.51. The van der Waals surface area contributed by atoms with E-state index in [-0.39, 0.29) is 35.1 Å². The van der Waals surface area contributed by atoms with Gasteiger partial charge >= 0.3 is 0 Å². The summed E-state index contributed by atoms with van der Waals surface area (Å²) in [6.45, 7) is 10.8. The van der Waals surface area contributed by atoms with Gasteiger partial charge in [-0.1, -0.05) is 0 Å². The van der Waals surface area contributed by atoms with E-state index in [9.17, 15) is 13.2 Å². The molecule has 0 unspecified atom stereocenters. The van der Waals surface area contributed by atoms with Gasteiger partial charge in [0, 0.05) is 24.8 Å². The zero-order valence-electron chi connectivity index (χ0n) is 16.0. The van der Waals surface area contributed by atoms with Gasteiger partial charge in [-0.05, 0) is 58.9 Å². The minimum absolute atomic E-state index is 0.0898. The smallest absolute Gasteiger partial charge is 0.241 e. The molecule has 0 aromatic heterocycles. The average Bonchev–Trinajstić information content (AvgIpc) is 2.52. The quantitative estimate of drug-likeness (QED) is 0.782. The van der Waals surface area contributed by atoms with Gasteiger partial charge in [-0.15, -0.1) is 0 Å². The first kappa shape index (κ1) is 20.8. The monoisotopic (exact) mass is 383 g/mol. The molecule has 8 heteroatoms. The Kier molecular flexibility index (Phi) is 6.79. The largest absolute Gasteiger partial charge is 0.373 e. The molecule has 0 saturated carbocycles. The van der Waals surface area contributed by atoms with E-state index in [1.54, 1.807) is 26.0 Å². The maximum Gasteiger partial charge on any atom is 0.241 e. The zero-order chi connectivity index (χ0) is 19.5. The second kappa shape index (κ2) is 8.47. The molecule has 1 aliphatic rings. The Balaban J connectivity index is 2.01. The molecule has 1 aromatic carbocycles. The molecule has 7 nitrogen and oxygen atoms in total. The molecule has 1 saturated heterocycles. The Morgan fingerprint density at radius 2 is 1.65 bits per heavy atom. The fourth-order valence-corrected chi connectivity index (χ4v) is 4.29. The van der Waals surface area contributed by atoms with Gasteiger partial charge in [0.05, 0.1) is 23.1 Å². The predicted molar refractivity (Wildman–Crippen MR) is 102 cm³/mol. The van der Waals surface area contributed by atoms with E-state index in [0.29, 0.717) is 18.8 Å². The highest BCUT2D eigenvalue weighted by molar-refractivity contribution is 7.89. The van der Waals surface area contributed by atoms with Crippen LogP contribution in [0.2, 0.25) is 0 Å². The fraction of sp³-hybridized carbons (Fsp3) is 0.611. The van der Waals surface area contributed by atoms with Crippen LogP contribution in [-0.4, -0.2) is 56.6 Å². The topological polar surface area (TPSA) is 87.7 Å². The van der Waals surface area contributed by atoms with Gasteiger partial charge in [0.25, 0.3) is 0 Å². The summed E-state index contributed by atoms with van der Waals surface area (Å²) in [7, 11) is -3.54. The molecule has 26 heavy (non-hydrogen) atoms. The summed E-state index contributed by atoms with van der Waals surface area (Å²) >= 11 is 0. The Morgan fingerprint density at radius 1 is 1.12 bits per heavy atom. The van der Waals surface area contributed by atoms with Gasteiger partial charge < -0.3 is 10.1 Å². The third-order valence-corrected chi connectivity index (χ3v) is 5.87. The Hall–Kier alpha value is -1.48. The Morgan fingerprint density at radius 3 is 2.15 bits per heavy atom. The van der Waals surface area contributed by atoms with E-state index in [4.69, 9.17) is 4.74 Å². The fourth-order valence-electron chi connectivity index (χ4n) is 3.04. The number of nitrogens with one attached hydrogen (secondary N) is 2. The van der Waals surface area contributed by atoms with Crippen molar-refractivity contribution in [1.29, 1.82) is 0 Å². The lowest BCUT2D eigenvalue weighted by Gasteiger charge is -2.38. The summed E-state index contributed by atoms with van der Waals surface area (Å²) in [6.07, 6.45) is 0.180. The van der Waals surface area contributed by atoms with Gasteiger partial charge in [0.2, 0.25) is 15.9 Å². The van der Waals surface area contributed by atoms with Crippen LogP contribution in [0.3, 0.4) is 0 Å². The second-order valence-corrected chi connectivity index (χ2v) is 8.89. The maximum absolute atomic E-state index is 12.5. The number of nitrogens with zero attached hydrogens (tertiary/aromatic N) is 1. The number of carbonyl (C=O) groups excluding carboxylic acids is 1. The summed E-state index contributed by atoms with van der Waals surface area (Å²) in [4.78, 5) is 14.8. The number of carbonyl (C=O) groups is 1. The number of morpholine rings is 1. The highest BCUT2D eigenvalue weighted by atomic mass is 32.2. The summed E-state index contributed by atoms with van der Waals surface area (Å²) in [5, 5.41) is 2.85. The molecule has 1 heterocycles. The highest BCUT2D eigenvalue weighted by Crippen LogP contribution is 2.17. The molecule has 2 N–H and O–H groups in total. The molecule has 146 valence electrons. The number of sulfonamides is 1. The second-order valence-electron chi connectivity index (χ2n) is 7.18. The van der Waals surface area contributed by atoms with Crippen LogP contribution in [0.15, 0.2) is 29.2 Å². The van der Waals surface area contributed by atoms with Gasteiger partial charge in [-0.3, -0.25) is 9.69 Å². The molecular formula is C18H29N3O4S. The van der Waals surface area contributed by atoms with Crippen molar-refractivity contribution >= 4 is 21.6 Å². The van der Waals surface area contributed by atoms with Crippen molar-refractivity contribution in [2.45, 2.75) is 63.8 Å². The Bertz CT molecular complexity index is 708. The minimum Gasteiger partial charge on any atom is -0.373 e. The van der Waals surface area contributed by atoms with Crippen LogP contribution < -0.4 is 10.0 Å². The number of ether oxygens (including phenoxy) is 1. The normalized spacial score (nSPS) is 23.0. The van der Waals surface area contributed by atoms with Gasteiger partial charge in [0.1, 0.15) is 0 Å². The van der Waals surface area contributed by atoms with E-state index < -0.39 is 10.0 Å². The first-order chi connectivity index (χ1) is 12.1. The molecular weight excluding hydrogens is 354 g/mol. The number of anilines is 1. The van der Waals surface area contributed by atoms with Crippen molar-refractivity contribution in [1.82, 2.24) is 9.62 Å². The standard InChI is InChI=1S/C18H29N3O4S/c1-12(2)20-26(23,24)17-8-6-16(7-9-17)19-18(22)15(5)21-10-13(3)25-14(4)11-21/h6-9,12-15,20H,10-11H2,1-5H3,(H,19,22)/t13-,14-,15-/m0/s1. The van der Waals surface area contributed by atoms with Gasteiger partial charge in [-0.25, -0.2) is 13.1 Å². The van der Waals surface area contributed by atoms with Crippen LogP contribution in [0, 0.1) is 0 Å². The van der Waals surface area contributed by atoms with Crippen LogP contribution in [0.1, 0.15) is 34.6 Å². The number of hydrogen-bond donors (Lipinski definition) is 2. The van der Waals surface area contributed by atoms with Crippen LogP contribution in [-0.2, 0) is 19.6 Å². The van der Waals surface area contributed by atoms with Crippen LogP contribution >= 0.6 is 0 Å². The highest BCUT2D eigenvalue weighted by Gasteiger charge is 2.29. The van der Waals surface area contributed by atoms with Gasteiger partial charge in [-0.2, -0.15) is 0 Å². The first-order valence-corrected chi connectivity index (χ1v) is 10.4. The molecule has 1 aliphatic heterocycles. The maximum atomic E-state index is 12.5. The van der Waals surface area contributed by atoms with Crippen molar-refractivity contribution in [3.05, 3.63) is 24.3 Å². The number of amides is 1. The van der Waals surface area contributed by atoms with Crippen molar-refractivity contribution in [2.75, 3.05) is 18.4 Å². The molecule has 0 aliphatic carbocycles. The summed E-state index contributed by atoms with van der Waals surface area (Å²) < 4.78 is 32.5. The Labute approximate surface area is 156 Å². The number of benzene rings is 1. The molecule has 0 spiro atoms. The molecule has 1 fully saturated rings. The van der Waals surface area contributed by atoms with Crippen LogP contribution in [0.5, 0.6) is 0 Å². The minimum atomic E-state index is -3.54. The summed E-state index contributed by atoms with van der Waals surface area (Å²) in [6, 6.07) is 5.70. The molecule has 0 radical (unpaired) electrons.